The van der Waals surface area contributed by atoms with Gasteiger partial charge in [-0.3, -0.25) is 4.57 Å². The van der Waals surface area contributed by atoms with Crippen LogP contribution in [0.25, 0.3) is 0 Å². The number of imidazole rings is 1. The Labute approximate surface area is 78.6 Å². The topological polar surface area (TPSA) is 36.3 Å². The van der Waals surface area contributed by atoms with Gasteiger partial charge in [-0.25, -0.2) is 4.98 Å². The average molecular weight is 233 g/mol. The van der Waals surface area contributed by atoms with Crippen LogP contribution in [0.2, 0.25) is 0 Å². The van der Waals surface area contributed by atoms with Crippen molar-refractivity contribution in [3.05, 3.63) is 10.4 Å². The van der Waals surface area contributed by atoms with E-state index in [1.165, 1.54) is 0 Å². The number of fused-ring (bicyclic) bond motifs is 1. The number of aromatic nitrogens is 2. The number of hydrogen-bond donors (Lipinski definition) is 0. The Morgan fingerprint density at radius 2 is 2.50 bits per heavy atom. The minimum absolute atomic E-state index is 0.571. The van der Waals surface area contributed by atoms with E-state index in [4.69, 9.17) is 9.47 Å². The second-order valence-electron chi connectivity index (χ2n) is 2.53. The quantitative estimate of drug-likeness (QED) is 0.730. The lowest BCUT2D eigenvalue weighted by Gasteiger charge is -2.15. The van der Waals surface area contributed by atoms with E-state index < -0.39 is 0 Å². The van der Waals surface area contributed by atoms with Crippen molar-refractivity contribution >= 4 is 15.9 Å². The van der Waals surface area contributed by atoms with Gasteiger partial charge in [-0.05, 0) is 15.9 Å². The molecule has 5 heteroatoms. The summed E-state index contributed by atoms with van der Waals surface area (Å²) >= 11 is 3.33. The lowest BCUT2D eigenvalue weighted by atomic mass is 10.5. The highest BCUT2D eigenvalue weighted by Gasteiger charge is 2.18. The molecule has 0 spiro atoms. The Hall–Kier alpha value is -0.550. The molecule has 0 amide bonds. The number of rotatable bonds is 1. The van der Waals surface area contributed by atoms with Crippen LogP contribution in [0.4, 0.5) is 0 Å². The first-order valence-electron chi connectivity index (χ1n) is 3.69. The van der Waals surface area contributed by atoms with Crippen LogP contribution < -0.4 is 4.74 Å². The van der Waals surface area contributed by atoms with E-state index in [1.54, 1.807) is 7.11 Å². The summed E-state index contributed by atoms with van der Waals surface area (Å²) in [6.07, 6.45) is 0. The number of hydrogen-bond acceptors (Lipinski definition) is 3. The zero-order valence-electron chi connectivity index (χ0n) is 6.71. The van der Waals surface area contributed by atoms with Gasteiger partial charge in [-0.1, -0.05) is 0 Å². The summed E-state index contributed by atoms with van der Waals surface area (Å²) in [6, 6.07) is 0. The second kappa shape index (κ2) is 3.06. The Morgan fingerprint density at radius 3 is 3.25 bits per heavy atom. The highest BCUT2D eigenvalue weighted by atomic mass is 79.9. The second-order valence-corrected chi connectivity index (χ2v) is 3.28. The molecule has 0 atom stereocenters. The van der Waals surface area contributed by atoms with Crippen molar-refractivity contribution in [3.8, 4) is 5.88 Å². The summed E-state index contributed by atoms with van der Waals surface area (Å²) in [5.41, 5.74) is 0. The summed E-state index contributed by atoms with van der Waals surface area (Å²) in [6.45, 7) is 2.12. The maximum atomic E-state index is 5.25. The lowest BCUT2D eigenvalue weighted by molar-refractivity contribution is 0.0786. The van der Waals surface area contributed by atoms with E-state index in [0.29, 0.717) is 6.61 Å². The SMILES string of the molecule is COc1c(Br)nc2n1CCOC2. The molecular weight excluding hydrogens is 224 g/mol. The fraction of sp³-hybridized carbons (Fsp3) is 0.571. The molecule has 1 aliphatic heterocycles. The molecule has 0 radical (unpaired) electrons. The predicted octanol–water partition coefficient (Wildman–Crippen LogP) is 1.18. The Kier molecular flexibility index (Phi) is 2.06. The molecule has 0 unspecified atom stereocenters. The van der Waals surface area contributed by atoms with Crippen LogP contribution in [0.15, 0.2) is 4.60 Å². The molecular formula is C7H9BrN2O2. The van der Waals surface area contributed by atoms with E-state index in [9.17, 15) is 0 Å². The van der Waals surface area contributed by atoms with Crippen molar-refractivity contribution in [3.63, 3.8) is 0 Å². The standard InChI is InChI=1S/C7H9BrN2O2/c1-11-7-6(8)9-5-4-12-3-2-10(5)7/h2-4H2,1H3. The minimum Gasteiger partial charge on any atom is -0.480 e. The van der Waals surface area contributed by atoms with E-state index in [-0.39, 0.29) is 0 Å². The van der Waals surface area contributed by atoms with E-state index in [0.717, 1.165) is 29.5 Å². The zero-order valence-corrected chi connectivity index (χ0v) is 8.30. The van der Waals surface area contributed by atoms with Crippen LogP contribution in [0.3, 0.4) is 0 Å². The summed E-state index contributed by atoms with van der Waals surface area (Å²) in [4.78, 5) is 4.25. The van der Waals surface area contributed by atoms with E-state index >= 15 is 0 Å². The monoisotopic (exact) mass is 232 g/mol. The van der Waals surface area contributed by atoms with Gasteiger partial charge in [-0.2, -0.15) is 0 Å². The zero-order chi connectivity index (χ0) is 8.55. The molecule has 0 aliphatic carbocycles. The number of nitrogens with zero attached hydrogens (tertiary/aromatic N) is 2. The third kappa shape index (κ3) is 1.13. The number of halogens is 1. The van der Waals surface area contributed by atoms with Crippen LogP contribution in [-0.4, -0.2) is 23.3 Å². The van der Waals surface area contributed by atoms with E-state index in [2.05, 4.69) is 20.9 Å². The molecule has 12 heavy (non-hydrogen) atoms. The summed E-state index contributed by atoms with van der Waals surface area (Å²) in [7, 11) is 1.64. The van der Waals surface area contributed by atoms with E-state index in [1.807, 2.05) is 4.57 Å². The van der Waals surface area contributed by atoms with Crippen LogP contribution >= 0.6 is 15.9 Å². The van der Waals surface area contributed by atoms with Gasteiger partial charge in [0, 0.05) is 0 Å². The molecule has 4 nitrogen and oxygen atoms in total. The fourth-order valence-corrected chi connectivity index (χ4v) is 1.89. The largest absolute Gasteiger partial charge is 0.480 e. The minimum atomic E-state index is 0.571. The molecule has 0 saturated heterocycles. The normalized spacial score (nSPS) is 15.8. The van der Waals surface area contributed by atoms with Crippen molar-refractivity contribution < 1.29 is 9.47 Å². The van der Waals surface area contributed by atoms with Crippen molar-refractivity contribution in [2.75, 3.05) is 13.7 Å². The lowest BCUT2D eigenvalue weighted by Crippen LogP contribution is -2.17. The van der Waals surface area contributed by atoms with Crippen LogP contribution in [0.5, 0.6) is 5.88 Å². The Bertz CT molecular complexity index is 298. The van der Waals surface area contributed by atoms with Gasteiger partial charge in [0.25, 0.3) is 0 Å². The molecule has 0 bridgehead atoms. The fourth-order valence-electron chi connectivity index (χ4n) is 1.30. The first-order valence-corrected chi connectivity index (χ1v) is 4.49. The molecule has 2 heterocycles. The summed E-state index contributed by atoms with van der Waals surface area (Å²) < 4.78 is 13.2. The van der Waals surface area contributed by atoms with Gasteiger partial charge in [-0.15, -0.1) is 0 Å². The molecule has 2 rings (SSSR count). The average Bonchev–Trinajstić information content (AvgIpc) is 2.40. The van der Waals surface area contributed by atoms with Gasteiger partial charge >= 0.3 is 0 Å². The van der Waals surface area contributed by atoms with Crippen molar-refractivity contribution in [2.45, 2.75) is 13.2 Å². The molecule has 0 fully saturated rings. The van der Waals surface area contributed by atoms with Gasteiger partial charge in [0.15, 0.2) is 4.60 Å². The van der Waals surface area contributed by atoms with Crippen LogP contribution in [0.1, 0.15) is 5.82 Å². The molecule has 0 N–H and O–H groups in total. The Balaban J connectivity index is 2.46. The van der Waals surface area contributed by atoms with Crippen LogP contribution in [-0.2, 0) is 17.9 Å². The number of ether oxygens (including phenoxy) is 2. The molecule has 1 aromatic rings. The van der Waals surface area contributed by atoms with Crippen molar-refractivity contribution in [2.24, 2.45) is 0 Å². The molecule has 1 aliphatic rings. The van der Waals surface area contributed by atoms with Gasteiger partial charge < -0.3 is 9.47 Å². The van der Waals surface area contributed by atoms with Crippen LogP contribution in [0, 0.1) is 0 Å². The first kappa shape index (κ1) is 8.07. The molecule has 66 valence electrons. The smallest absolute Gasteiger partial charge is 0.228 e. The highest BCUT2D eigenvalue weighted by molar-refractivity contribution is 9.10. The highest BCUT2D eigenvalue weighted by Crippen LogP contribution is 2.27. The maximum absolute atomic E-state index is 5.25. The predicted molar refractivity (Wildman–Crippen MR) is 46.1 cm³/mol. The van der Waals surface area contributed by atoms with Crippen molar-refractivity contribution in [1.82, 2.24) is 9.55 Å². The summed E-state index contributed by atoms with van der Waals surface area (Å²) in [5.74, 6) is 1.71. The third-order valence-electron chi connectivity index (χ3n) is 1.84. The molecule has 0 aromatic carbocycles. The Morgan fingerprint density at radius 1 is 1.67 bits per heavy atom. The van der Waals surface area contributed by atoms with Gasteiger partial charge in [0.1, 0.15) is 12.4 Å². The van der Waals surface area contributed by atoms with Gasteiger partial charge in [0.05, 0.1) is 20.3 Å². The molecule has 1 aromatic heterocycles. The summed E-state index contributed by atoms with van der Waals surface area (Å²) in [5, 5.41) is 0. The molecule has 0 saturated carbocycles. The first-order chi connectivity index (χ1) is 5.83. The number of methoxy groups -OCH3 is 1. The maximum Gasteiger partial charge on any atom is 0.228 e. The van der Waals surface area contributed by atoms with Crippen molar-refractivity contribution in [1.29, 1.82) is 0 Å². The van der Waals surface area contributed by atoms with Gasteiger partial charge in [0.2, 0.25) is 5.88 Å². The third-order valence-corrected chi connectivity index (χ3v) is 2.36.